The van der Waals surface area contributed by atoms with Gasteiger partial charge in [0, 0.05) is 0 Å². The molecular weight excluding hydrogens is 198 g/mol. The molecule has 3 heteroatoms. The Kier molecular flexibility index (Phi) is 5.13. The zero-order valence-electron chi connectivity index (χ0n) is 8.70. The van der Waals surface area contributed by atoms with Crippen molar-refractivity contribution in [2.24, 2.45) is 0 Å². The zero-order valence-corrected chi connectivity index (χ0v) is 9.46. The summed E-state index contributed by atoms with van der Waals surface area (Å²) >= 11 is 6.04. The first-order valence-electron chi connectivity index (χ1n) is 4.40. The molecule has 2 nitrogen and oxygen atoms in total. The highest BCUT2D eigenvalue weighted by Crippen LogP contribution is 2.19. The minimum Gasteiger partial charge on any atom is -0.389 e. The Bertz CT molecular complexity index is 256. The van der Waals surface area contributed by atoms with Crippen molar-refractivity contribution in [2.75, 3.05) is 0 Å². The lowest BCUT2D eigenvalue weighted by molar-refractivity contribution is 0.0754. The molecule has 0 amide bonds. The van der Waals surface area contributed by atoms with Crippen molar-refractivity contribution in [1.29, 1.82) is 0 Å². The first kappa shape index (κ1) is 13.4. The van der Waals surface area contributed by atoms with Crippen LogP contribution in [0.5, 0.6) is 0 Å². The van der Waals surface area contributed by atoms with Gasteiger partial charge in [0.15, 0.2) is 0 Å². The molecule has 0 fully saturated rings. The molecule has 4 N–H and O–H groups in total. The van der Waals surface area contributed by atoms with Crippen LogP contribution in [0.15, 0.2) is 30.3 Å². The zero-order chi connectivity index (χ0) is 9.90. The fourth-order valence-corrected chi connectivity index (χ4v) is 1.25. The van der Waals surface area contributed by atoms with E-state index in [0.717, 1.165) is 5.56 Å². The molecule has 0 saturated carbocycles. The molecule has 0 aliphatic heterocycles. The Balaban J connectivity index is 0.00000169. The van der Waals surface area contributed by atoms with E-state index in [-0.39, 0.29) is 11.5 Å². The number of hydrogen-bond acceptors (Lipinski definition) is 2. The predicted octanol–water partition coefficient (Wildman–Crippen LogP) is 2.77. The molecule has 0 aliphatic carbocycles. The van der Waals surface area contributed by atoms with Crippen LogP contribution in [0.3, 0.4) is 0 Å². The van der Waals surface area contributed by atoms with E-state index in [2.05, 4.69) is 0 Å². The topological polar surface area (TPSA) is 55.2 Å². The van der Waals surface area contributed by atoms with Crippen LogP contribution in [0.25, 0.3) is 0 Å². The standard InChI is InChI=1S/C11H15ClO.H3N/c1-11(2,13)10(12)8-9-6-4-3-5-7-9;/h3-7,10,13H,8H2,1-2H3;1H3. The van der Waals surface area contributed by atoms with E-state index >= 15 is 0 Å². The maximum absolute atomic E-state index is 9.62. The average molecular weight is 216 g/mol. The van der Waals surface area contributed by atoms with Gasteiger partial charge >= 0.3 is 0 Å². The minimum absolute atomic E-state index is 0. The quantitative estimate of drug-likeness (QED) is 0.762. The van der Waals surface area contributed by atoms with E-state index in [1.807, 2.05) is 30.3 Å². The van der Waals surface area contributed by atoms with Crippen LogP contribution in [-0.2, 0) is 6.42 Å². The summed E-state index contributed by atoms with van der Waals surface area (Å²) in [6, 6.07) is 9.95. The van der Waals surface area contributed by atoms with Gasteiger partial charge in [-0.05, 0) is 25.8 Å². The molecule has 1 aromatic rings. The second-order valence-corrected chi connectivity index (χ2v) is 4.34. The SMILES string of the molecule is CC(C)(O)C(Cl)Cc1ccccc1.N. The van der Waals surface area contributed by atoms with Gasteiger partial charge in [0.05, 0.1) is 11.0 Å². The Morgan fingerprint density at radius 1 is 1.29 bits per heavy atom. The molecule has 1 unspecified atom stereocenters. The molecule has 1 aromatic carbocycles. The van der Waals surface area contributed by atoms with Gasteiger partial charge in [0.1, 0.15) is 0 Å². The van der Waals surface area contributed by atoms with E-state index < -0.39 is 5.60 Å². The fourth-order valence-electron chi connectivity index (χ4n) is 1.07. The summed E-state index contributed by atoms with van der Waals surface area (Å²) < 4.78 is 0. The molecule has 0 saturated heterocycles. The number of halogens is 1. The maximum Gasteiger partial charge on any atom is 0.0757 e. The first-order valence-corrected chi connectivity index (χ1v) is 4.84. The highest BCUT2D eigenvalue weighted by Gasteiger charge is 2.24. The number of rotatable bonds is 3. The van der Waals surface area contributed by atoms with Gasteiger partial charge in [0.25, 0.3) is 0 Å². The van der Waals surface area contributed by atoms with Crippen molar-refractivity contribution in [3.8, 4) is 0 Å². The molecule has 0 aliphatic rings. The third-order valence-electron chi connectivity index (χ3n) is 2.02. The van der Waals surface area contributed by atoms with Crippen molar-refractivity contribution < 1.29 is 5.11 Å². The van der Waals surface area contributed by atoms with Crippen molar-refractivity contribution in [2.45, 2.75) is 31.2 Å². The van der Waals surface area contributed by atoms with Crippen LogP contribution in [-0.4, -0.2) is 16.1 Å². The molecule has 0 bridgehead atoms. The maximum atomic E-state index is 9.62. The van der Waals surface area contributed by atoms with E-state index in [9.17, 15) is 5.11 Å². The number of aliphatic hydroxyl groups is 1. The highest BCUT2D eigenvalue weighted by molar-refractivity contribution is 6.21. The van der Waals surface area contributed by atoms with Crippen molar-refractivity contribution in [3.05, 3.63) is 35.9 Å². The second-order valence-electron chi connectivity index (χ2n) is 3.81. The Morgan fingerprint density at radius 2 is 1.79 bits per heavy atom. The number of alkyl halides is 1. The van der Waals surface area contributed by atoms with Crippen molar-refractivity contribution in [1.82, 2.24) is 6.15 Å². The summed E-state index contributed by atoms with van der Waals surface area (Å²) in [6.45, 7) is 3.46. The van der Waals surface area contributed by atoms with Crippen LogP contribution in [0.4, 0.5) is 0 Å². The lowest BCUT2D eigenvalue weighted by Crippen LogP contribution is -2.33. The van der Waals surface area contributed by atoms with Gasteiger partial charge in [-0.1, -0.05) is 30.3 Å². The third kappa shape index (κ3) is 4.09. The summed E-state index contributed by atoms with van der Waals surface area (Å²) in [4.78, 5) is 0. The summed E-state index contributed by atoms with van der Waals surface area (Å²) in [5.41, 5.74) is 0.335. The van der Waals surface area contributed by atoms with Gasteiger partial charge < -0.3 is 11.3 Å². The summed E-state index contributed by atoms with van der Waals surface area (Å²) in [5, 5.41) is 9.37. The summed E-state index contributed by atoms with van der Waals surface area (Å²) in [5.74, 6) is 0. The molecule has 0 aromatic heterocycles. The summed E-state index contributed by atoms with van der Waals surface area (Å²) in [6.07, 6.45) is 0.700. The van der Waals surface area contributed by atoms with Crippen LogP contribution in [0.1, 0.15) is 19.4 Å². The highest BCUT2D eigenvalue weighted by atomic mass is 35.5. The minimum atomic E-state index is -0.822. The Morgan fingerprint density at radius 3 is 2.21 bits per heavy atom. The normalized spacial score (nSPS) is 13.1. The van der Waals surface area contributed by atoms with E-state index in [0.29, 0.717) is 6.42 Å². The number of benzene rings is 1. The molecule has 1 atom stereocenters. The van der Waals surface area contributed by atoms with Crippen molar-refractivity contribution in [3.63, 3.8) is 0 Å². The Hall–Kier alpha value is -0.570. The molecule has 80 valence electrons. The van der Waals surface area contributed by atoms with Gasteiger partial charge in [-0.25, -0.2) is 0 Å². The average Bonchev–Trinajstić information content (AvgIpc) is 2.04. The van der Waals surface area contributed by atoms with E-state index in [1.54, 1.807) is 13.8 Å². The van der Waals surface area contributed by atoms with Crippen LogP contribution >= 0.6 is 11.6 Å². The van der Waals surface area contributed by atoms with Gasteiger partial charge in [-0.2, -0.15) is 0 Å². The molecule has 14 heavy (non-hydrogen) atoms. The molecule has 1 rings (SSSR count). The van der Waals surface area contributed by atoms with Gasteiger partial charge in [-0.15, -0.1) is 11.6 Å². The fraction of sp³-hybridized carbons (Fsp3) is 0.455. The second kappa shape index (κ2) is 5.35. The Labute approximate surface area is 90.5 Å². The molecule has 0 radical (unpaired) electrons. The smallest absolute Gasteiger partial charge is 0.0757 e. The van der Waals surface area contributed by atoms with Crippen LogP contribution in [0, 0.1) is 0 Å². The molecule has 0 heterocycles. The van der Waals surface area contributed by atoms with E-state index in [1.165, 1.54) is 0 Å². The predicted molar refractivity (Wildman–Crippen MR) is 61.1 cm³/mol. The van der Waals surface area contributed by atoms with Crippen LogP contribution in [0.2, 0.25) is 0 Å². The van der Waals surface area contributed by atoms with Gasteiger partial charge in [0.2, 0.25) is 0 Å². The monoisotopic (exact) mass is 215 g/mol. The number of hydrogen-bond donors (Lipinski definition) is 2. The lowest BCUT2D eigenvalue weighted by atomic mass is 9.98. The molecule has 0 spiro atoms. The summed E-state index contributed by atoms with van der Waals surface area (Å²) in [7, 11) is 0. The third-order valence-corrected chi connectivity index (χ3v) is 2.71. The molecular formula is C11H18ClNO. The first-order chi connectivity index (χ1) is 6.00. The van der Waals surface area contributed by atoms with Crippen molar-refractivity contribution >= 4 is 11.6 Å². The van der Waals surface area contributed by atoms with Gasteiger partial charge in [-0.3, -0.25) is 0 Å². The van der Waals surface area contributed by atoms with E-state index in [4.69, 9.17) is 11.6 Å². The van der Waals surface area contributed by atoms with Crippen LogP contribution < -0.4 is 6.15 Å². The lowest BCUT2D eigenvalue weighted by Gasteiger charge is -2.23. The largest absolute Gasteiger partial charge is 0.389 e.